The minimum atomic E-state index is -0.640. The largest absolute Gasteiger partial charge is 0.497 e. The molecule has 0 aliphatic carbocycles. The predicted octanol–water partition coefficient (Wildman–Crippen LogP) is 3.55. The first-order valence-corrected chi connectivity index (χ1v) is 5.97. The Labute approximate surface area is 117 Å². The van der Waals surface area contributed by atoms with E-state index in [4.69, 9.17) is 9.15 Å². The molecule has 3 rings (SSSR count). The number of fused-ring (bicyclic) bond motifs is 1. The van der Waals surface area contributed by atoms with Gasteiger partial charge in [-0.3, -0.25) is 10.1 Å². The molecule has 1 heterocycles. The molecule has 3 aromatic rings. The molecule has 0 amide bonds. The van der Waals surface area contributed by atoms with E-state index in [1.54, 1.807) is 18.2 Å². The fourth-order valence-corrected chi connectivity index (χ4v) is 1.94. The predicted molar refractivity (Wildman–Crippen MR) is 72.6 cm³/mol. The lowest BCUT2D eigenvalue weighted by Gasteiger charge is -1.97. The lowest BCUT2D eigenvalue weighted by Crippen LogP contribution is -1.91. The summed E-state index contributed by atoms with van der Waals surface area (Å²) in [7, 11) is 1.52. The Kier molecular flexibility index (Phi) is 3.02. The zero-order valence-corrected chi connectivity index (χ0v) is 10.9. The van der Waals surface area contributed by atoms with Gasteiger partial charge < -0.3 is 9.15 Å². The van der Waals surface area contributed by atoms with Gasteiger partial charge in [-0.05, 0) is 18.2 Å². The van der Waals surface area contributed by atoms with Gasteiger partial charge in [0.15, 0.2) is 5.58 Å². The van der Waals surface area contributed by atoms with E-state index in [1.807, 2.05) is 0 Å². The van der Waals surface area contributed by atoms with Gasteiger partial charge in [-0.1, -0.05) is 0 Å². The molecule has 0 aliphatic heterocycles. The second kappa shape index (κ2) is 4.86. The summed E-state index contributed by atoms with van der Waals surface area (Å²) in [6.45, 7) is 0. The summed E-state index contributed by atoms with van der Waals surface area (Å²) in [4.78, 5) is 14.3. The molecule has 0 saturated heterocycles. The second-order valence-corrected chi connectivity index (χ2v) is 4.27. The topological polar surface area (TPSA) is 78.4 Å². The maximum absolute atomic E-state index is 13.8. The van der Waals surface area contributed by atoms with Crippen molar-refractivity contribution in [3.05, 3.63) is 52.3 Å². The van der Waals surface area contributed by atoms with Gasteiger partial charge in [0.25, 0.3) is 5.69 Å². The molecule has 0 unspecified atom stereocenters. The number of hydrogen-bond acceptors (Lipinski definition) is 5. The van der Waals surface area contributed by atoms with Crippen LogP contribution in [-0.2, 0) is 0 Å². The Bertz CT molecular complexity index is 844. The number of oxazole rings is 1. The van der Waals surface area contributed by atoms with Crippen molar-refractivity contribution in [1.29, 1.82) is 0 Å². The smallest absolute Gasteiger partial charge is 0.270 e. The van der Waals surface area contributed by atoms with Crippen LogP contribution in [0.4, 0.5) is 10.1 Å². The van der Waals surface area contributed by atoms with E-state index in [2.05, 4.69) is 4.98 Å². The molecule has 106 valence electrons. The molecule has 21 heavy (non-hydrogen) atoms. The van der Waals surface area contributed by atoms with E-state index in [-0.39, 0.29) is 17.1 Å². The molecular formula is C14H9FN2O4. The van der Waals surface area contributed by atoms with E-state index in [0.29, 0.717) is 16.8 Å². The van der Waals surface area contributed by atoms with Gasteiger partial charge in [0.2, 0.25) is 5.89 Å². The van der Waals surface area contributed by atoms with E-state index < -0.39 is 10.7 Å². The molecule has 0 saturated carbocycles. The number of hydrogen-bond donors (Lipinski definition) is 0. The van der Waals surface area contributed by atoms with Crippen molar-refractivity contribution in [2.24, 2.45) is 0 Å². The summed E-state index contributed by atoms with van der Waals surface area (Å²) < 4.78 is 24.4. The Morgan fingerprint density at radius 2 is 2.10 bits per heavy atom. The number of non-ortho nitro benzene ring substituents is 1. The summed E-state index contributed by atoms with van der Waals surface area (Å²) in [5.41, 5.74) is 0.637. The van der Waals surface area contributed by atoms with Crippen LogP contribution in [0.1, 0.15) is 0 Å². The van der Waals surface area contributed by atoms with Crippen molar-refractivity contribution >= 4 is 16.8 Å². The van der Waals surface area contributed by atoms with Crippen LogP contribution in [0.3, 0.4) is 0 Å². The van der Waals surface area contributed by atoms with Crippen molar-refractivity contribution in [3.8, 4) is 17.2 Å². The van der Waals surface area contributed by atoms with Gasteiger partial charge in [-0.2, -0.15) is 0 Å². The summed E-state index contributed by atoms with van der Waals surface area (Å²) in [5, 5.41) is 10.8. The first kappa shape index (κ1) is 13.0. The van der Waals surface area contributed by atoms with Crippen molar-refractivity contribution in [2.75, 3.05) is 7.11 Å². The SMILES string of the molecule is COc1ccc2oc(-c3cc([N+](=O)[O-])ccc3F)nc2c1. The fraction of sp³-hybridized carbons (Fsp3) is 0.0714. The van der Waals surface area contributed by atoms with Crippen molar-refractivity contribution < 1.29 is 18.5 Å². The molecule has 0 spiro atoms. The van der Waals surface area contributed by atoms with Crippen molar-refractivity contribution in [2.45, 2.75) is 0 Å². The van der Waals surface area contributed by atoms with Crippen LogP contribution in [0, 0.1) is 15.9 Å². The number of methoxy groups -OCH3 is 1. The molecule has 6 nitrogen and oxygen atoms in total. The van der Waals surface area contributed by atoms with Crippen LogP contribution in [0.25, 0.3) is 22.6 Å². The Hall–Kier alpha value is -2.96. The third-order valence-corrected chi connectivity index (χ3v) is 2.99. The van der Waals surface area contributed by atoms with Crippen LogP contribution >= 0.6 is 0 Å². The molecule has 7 heteroatoms. The summed E-state index contributed by atoms with van der Waals surface area (Å²) in [6, 6.07) is 8.16. The molecule has 0 radical (unpaired) electrons. The molecule has 0 aliphatic rings. The normalized spacial score (nSPS) is 10.8. The van der Waals surface area contributed by atoms with Gasteiger partial charge in [0.1, 0.15) is 17.1 Å². The quantitative estimate of drug-likeness (QED) is 0.544. The maximum Gasteiger partial charge on any atom is 0.270 e. The number of benzene rings is 2. The first-order valence-electron chi connectivity index (χ1n) is 5.97. The zero-order chi connectivity index (χ0) is 15.0. The Morgan fingerprint density at radius 3 is 2.81 bits per heavy atom. The van der Waals surface area contributed by atoms with Gasteiger partial charge >= 0.3 is 0 Å². The second-order valence-electron chi connectivity index (χ2n) is 4.27. The number of nitro benzene ring substituents is 1. The van der Waals surface area contributed by atoms with Crippen molar-refractivity contribution in [3.63, 3.8) is 0 Å². The van der Waals surface area contributed by atoms with Crippen LogP contribution in [-0.4, -0.2) is 17.0 Å². The van der Waals surface area contributed by atoms with E-state index in [0.717, 1.165) is 18.2 Å². The van der Waals surface area contributed by atoms with Gasteiger partial charge in [0, 0.05) is 18.2 Å². The van der Waals surface area contributed by atoms with Gasteiger partial charge in [-0.25, -0.2) is 9.37 Å². The molecule has 0 atom stereocenters. The highest BCUT2D eigenvalue weighted by atomic mass is 19.1. The average molecular weight is 288 g/mol. The standard InChI is InChI=1S/C14H9FN2O4/c1-20-9-3-5-13-12(7-9)16-14(21-13)10-6-8(17(18)19)2-4-11(10)15/h2-7H,1H3. The first-order chi connectivity index (χ1) is 10.1. The summed E-state index contributed by atoms with van der Waals surface area (Å²) >= 11 is 0. The van der Waals surface area contributed by atoms with Crippen molar-refractivity contribution in [1.82, 2.24) is 4.98 Å². The highest BCUT2D eigenvalue weighted by molar-refractivity contribution is 5.78. The minimum absolute atomic E-state index is 0.0144. The fourth-order valence-electron chi connectivity index (χ4n) is 1.94. The maximum atomic E-state index is 13.8. The summed E-state index contributed by atoms with van der Waals surface area (Å²) in [5.74, 6) is -0.0690. The van der Waals surface area contributed by atoms with Crippen LogP contribution in [0.2, 0.25) is 0 Å². The molecule has 1 aromatic heterocycles. The van der Waals surface area contributed by atoms with Crippen LogP contribution in [0.5, 0.6) is 5.75 Å². The number of nitrogens with zero attached hydrogens (tertiary/aromatic N) is 2. The zero-order valence-electron chi connectivity index (χ0n) is 10.9. The number of aromatic nitrogens is 1. The minimum Gasteiger partial charge on any atom is -0.497 e. The third kappa shape index (κ3) is 2.29. The number of ether oxygens (including phenoxy) is 1. The highest BCUT2D eigenvalue weighted by Gasteiger charge is 2.17. The highest BCUT2D eigenvalue weighted by Crippen LogP contribution is 2.30. The number of nitro groups is 1. The molecular weight excluding hydrogens is 279 g/mol. The molecule has 0 N–H and O–H groups in total. The summed E-state index contributed by atoms with van der Waals surface area (Å²) in [6.07, 6.45) is 0. The van der Waals surface area contributed by atoms with Gasteiger partial charge in [0.05, 0.1) is 17.6 Å². The monoisotopic (exact) mass is 288 g/mol. The lowest BCUT2D eigenvalue weighted by atomic mass is 10.2. The third-order valence-electron chi connectivity index (χ3n) is 2.99. The van der Waals surface area contributed by atoms with E-state index in [9.17, 15) is 14.5 Å². The molecule has 2 aromatic carbocycles. The van der Waals surface area contributed by atoms with Crippen LogP contribution < -0.4 is 4.74 Å². The van der Waals surface area contributed by atoms with Crippen LogP contribution in [0.15, 0.2) is 40.8 Å². The Balaban J connectivity index is 2.15. The lowest BCUT2D eigenvalue weighted by molar-refractivity contribution is -0.384. The Morgan fingerprint density at radius 1 is 1.29 bits per heavy atom. The molecule has 0 bridgehead atoms. The van der Waals surface area contributed by atoms with E-state index >= 15 is 0 Å². The molecule has 0 fully saturated rings. The number of rotatable bonds is 3. The average Bonchev–Trinajstić information content (AvgIpc) is 2.89. The number of halogens is 1. The van der Waals surface area contributed by atoms with E-state index in [1.165, 1.54) is 7.11 Å². The van der Waals surface area contributed by atoms with Gasteiger partial charge in [-0.15, -0.1) is 0 Å².